The summed E-state index contributed by atoms with van der Waals surface area (Å²) in [6, 6.07) is 14.9. The molecule has 0 radical (unpaired) electrons. The lowest BCUT2D eigenvalue weighted by Gasteiger charge is -2.11. The van der Waals surface area contributed by atoms with E-state index in [2.05, 4.69) is 30.3 Å². The molecule has 0 bridgehead atoms. The van der Waals surface area contributed by atoms with Crippen molar-refractivity contribution in [1.82, 2.24) is 20.2 Å². The van der Waals surface area contributed by atoms with Crippen LogP contribution in [0.15, 0.2) is 60.4 Å². The van der Waals surface area contributed by atoms with Gasteiger partial charge in [0.15, 0.2) is 17.4 Å². The largest absolute Gasteiger partial charge is 0.446 e. The van der Waals surface area contributed by atoms with E-state index in [0.717, 1.165) is 28.8 Å². The van der Waals surface area contributed by atoms with Crippen molar-refractivity contribution in [3.05, 3.63) is 88.8 Å². The molecule has 0 atom stereocenters. The lowest BCUT2D eigenvalue weighted by Crippen LogP contribution is -1.99. The Morgan fingerprint density at radius 1 is 1.16 bits per heavy atom. The van der Waals surface area contributed by atoms with Crippen molar-refractivity contribution < 1.29 is 9.13 Å². The molecule has 2 heterocycles. The maximum atomic E-state index is 15.0. The Kier molecular flexibility index (Phi) is 4.84. The summed E-state index contributed by atoms with van der Waals surface area (Å²) >= 11 is 0. The second-order valence-corrected chi connectivity index (χ2v) is 7.37. The summed E-state index contributed by atoms with van der Waals surface area (Å²) in [4.78, 5) is 11.7. The van der Waals surface area contributed by atoms with Gasteiger partial charge >= 0.3 is 0 Å². The highest BCUT2D eigenvalue weighted by Gasteiger charge is 2.21. The van der Waals surface area contributed by atoms with Crippen molar-refractivity contribution in [2.24, 2.45) is 0 Å². The molecule has 2 aromatic heterocycles. The number of ether oxygens (including phenoxy) is 1. The van der Waals surface area contributed by atoms with E-state index < -0.39 is 5.82 Å². The zero-order valence-electron chi connectivity index (χ0n) is 17.1. The Hall–Kier alpha value is -4.51. The molecule has 0 fully saturated rings. The van der Waals surface area contributed by atoms with Gasteiger partial charge in [-0.2, -0.15) is 5.10 Å². The molecule has 7 nitrogen and oxygen atoms in total. The van der Waals surface area contributed by atoms with Gasteiger partial charge in [0.05, 0.1) is 12.3 Å². The Labute approximate surface area is 183 Å². The van der Waals surface area contributed by atoms with Gasteiger partial charge in [0.2, 0.25) is 5.88 Å². The number of anilines is 2. The number of fused-ring (bicyclic) bond motifs is 1. The Morgan fingerprint density at radius 2 is 2.00 bits per heavy atom. The molecule has 4 aromatic rings. The van der Waals surface area contributed by atoms with Gasteiger partial charge in [-0.15, -0.1) is 0 Å². The summed E-state index contributed by atoms with van der Waals surface area (Å²) in [5.74, 6) is 0.198. The van der Waals surface area contributed by atoms with Crippen LogP contribution in [0.4, 0.5) is 21.7 Å². The molecule has 2 N–H and O–H groups in total. The molecule has 0 aliphatic heterocycles. The first-order chi connectivity index (χ1) is 15.6. The smallest absolute Gasteiger partial charge is 0.288 e. The molecule has 5 rings (SSSR count). The van der Waals surface area contributed by atoms with E-state index in [1.54, 1.807) is 12.1 Å². The molecule has 8 heteroatoms. The van der Waals surface area contributed by atoms with E-state index in [0.29, 0.717) is 11.4 Å². The van der Waals surface area contributed by atoms with Gasteiger partial charge in [0.25, 0.3) is 5.69 Å². The lowest BCUT2D eigenvalue weighted by atomic mass is 10.1. The molecule has 0 spiro atoms. The van der Waals surface area contributed by atoms with Gasteiger partial charge in [-0.1, -0.05) is 48.0 Å². The third kappa shape index (κ3) is 3.56. The van der Waals surface area contributed by atoms with E-state index in [4.69, 9.17) is 11.3 Å². The lowest BCUT2D eigenvalue weighted by molar-refractivity contribution is 0.428. The summed E-state index contributed by atoms with van der Waals surface area (Å²) in [5, 5.41) is 10.2. The number of rotatable bonds is 5. The van der Waals surface area contributed by atoms with E-state index in [-0.39, 0.29) is 23.1 Å². The maximum Gasteiger partial charge on any atom is 0.288 e. The van der Waals surface area contributed by atoms with Crippen LogP contribution in [0.25, 0.3) is 22.2 Å². The molecule has 32 heavy (non-hydrogen) atoms. The SMILES string of the molecule is [C-]#[N+]c1c(Nc2cc(-c3ccccc3)[nH]n2)ncnc1Oc1ccc2c(c1F)C=C(C)C2. The van der Waals surface area contributed by atoms with Crippen LogP contribution in [0.3, 0.4) is 0 Å². The van der Waals surface area contributed by atoms with Crippen molar-refractivity contribution in [1.29, 1.82) is 0 Å². The summed E-state index contributed by atoms with van der Waals surface area (Å²) in [6.45, 7) is 9.55. The quantitative estimate of drug-likeness (QED) is 0.381. The normalized spacial score (nSPS) is 12.1. The van der Waals surface area contributed by atoms with E-state index in [1.807, 2.05) is 49.4 Å². The molecule has 0 saturated carbocycles. The van der Waals surface area contributed by atoms with Gasteiger partial charge < -0.3 is 10.1 Å². The fourth-order valence-electron chi connectivity index (χ4n) is 3.61. The number of nitrogens with zero attached hydrogens (tertiary/aromatic N) is 4. The summed E-state index contributed by atoms with van der Waals surface area (Å²) in [5.41, 5.74) is 4.33. The van der Waals surface area contributed by atoms with Crippen LogP contribution < -0.4 is 10.1 Å². The summed E-state index contributed by atoms with van der Waals surface area (Å²) < 4.78 is 20.7. The molecule has 2 aromatic carbocycles. The second kappa shape index (κ2) is 7.96. The topological polar surface area (TPSA) is 80.1 Å². The number of allylic oxidation sites excluding steroid dienone is 1. The highest BCUT2D eigenvalue weighted by Crippen LogP contribution is 2.39. The van der Waals surface area contributed by atoms with Crippen molar-refractivity contribution in [2.75, 3.05) is 5.32 Å². The molecule has 1 aliphatic carbocycles. The molecular formula is C24H17FN6O. The Balaban J connectivity index is 1.43. The third-order valence-electron chi connectivity index (χ3n) is 5.11. The molecule has 0 unspecified atom stereocenters. The number of hydrogen-bond acceptors (Lipinski definition) is 5. The van der Waals surface area contributed by atoms with Gasteiger partial charge in [-0.3, -0.25) is 5.10 Å². The maximum absolute atomic E-state index is 15.0. The summed E-state index contributed by atoms with van der Waals surface area (Å²) in [6.07, 6.45) is 3.78. The van der Waals surface area contributed by atoms with Crippen molar-refractivity contribution in [3.8, 4) is 22.9 Å². The number of nitrogens with one attached hydrogen (secondary N) is 2. The number of aromatic amines is 1. The van der Waals surface area contributed by atoms with Crippen LogP contribution in [0, 0.1) is 12.4 Å². The predicted molar refractivity (Wildman–Crippen MR) is 119 cm³/mol. The highest BCUT2D eigenvalue weighted by atomic mass is 19.1. The molecular weight excluding hydrogens is 407 g/mol. The fraction of sp³-hybridized carbons (Fsp3) is 0.0833. The average molecular weight is 424 g/mol. The Morgan fingerprint density at radius 3 is 2.81 bits per heavy atom. The minimum atomic E-state index is -0.469. The average Bonchev–Trinajstić information content (AvgIpc) is 3.43. The second-order valence-electron chi connectivity index (χ2n) is 7.37. The standard InChI is InChI=1S/C24H17FN6O/c1-14-10-16-8-9-19(21(25)17(16)11-14)32-24-22(26-2)23(27-13-28-24)29-20-12-18(30-31-20)15-6-4-3-5-7-15/h3-9,11-13H,10H2,1H3,(H2,27,28,29,30,31). The first-order valence-corrected chi connectivity index (χ1v) is 9.89. The number of benzene rings is 2. The number of H-pyrrole nitrogens is 1. The van der Waals surface area contributed by atoms with Crippen LogP contribution in [-0.2, 0) is 6.42 Å². The minimum Gasteiger partial charge on any atom is -0.446 e. The molecule has 0 saturated heterocycles. The van der Waals surface area contributed by atoms with Crippen LogP contribution in [0.1, 0.15) is 18.1 Å². The number of hydrogen-bond donors (Lipinski definition) is 2. The van der Waals surface area contributed by atoms with E-state index >= 15 is 0 Å². The molecule has 0 amide bonds. The number of halogens is 1. The van der Waals surface area contributed by atoms with E-state index in [9.17, 15) is 4.39 Å². The van der Waals surface area contributed by atoms with Crippen LogP contribution in [0.5, 0.6) is 11.6 Å². The zero-order valence-corrected chi connectivity index (χ0v) is 17.1. The van der Waals surface area contributed by atoms with Crippen molar-refractivity contribution in [3.63, 3.8) is 0 Å². The predicted octanol–water partition coefficient (Wildman–Crippen LogP) is 6.05. The first-order valence-electron chi connectivity index (χ1n) is 9.89. The van der Waals surface area contributed by atoms with Gasteiger partial charge in [0.1, 0.15) is 12.1 Å². The van der Waals surface area contributed by atoms with Crippen molar-refractivity contribution in [2.45, 2.75) is 13.3 Å². The van der Waals surface area contributed by atoms with Crippen LogP contribution in [-0.4, -0.2) is 20.2 Å². The van der Waals surface area contributed by atoms with Crippen molar-refractivity contribution >= 4 is 23.4 Å². The monoisotopic (exact) mass is 424 g/mol. The van der Waals surface area contributed by atoms with Gasteiger partial charge in [0, 0.05) is 11.6 Å². The first kappa shape index (κ1) is 19.5. The van der Waals surface area contributed by atoms with Gasteiger partial charge in [-0.25, -0.2) is 19.2 Å². The minimum absolute atomic E-state index is 0.00961. The third-order valence-corrected chi connectivity index (χ3v) is 5.11. The van der Waals surface area contributed by atoms with Gasteiger partial charge in [-0.05, 0) is 30.5 Å². The molecule has 156 valence electrons. The van der Waals surface area contributed by atoms with Crippen LogP contribution >= 0.6 is 0 Å². The highest BCUT2D eigenvalue weighted by molar-refractivity contribution is 5.76. The van der Waals surface area contributed by atoms with E-state index in [1.165, 1.54) is 6.33 Å². The number of aromatic nitrogens is 4. The zero-order chi connectivity index (χ0) is 22.1. The summed E-state index contributed by atoms with van der Waals surface area (Å²) in [7, 11) is 0. The fourth-order valence-corrected chi connectivity index (χ4v) is 3.61. The van der Waals surface area contributed by atoms with Crippen LogP contribution in [0.2, 0.25) is 0 Å². The molecule has 1 aliphatic rings. The Bertz CT molecular complexity index is 1390.